The summed E-state index contributed by atoms with van der Waals surface area (Å²) in [4.78, 5) is 0. The summed E-state index contributed by atoms with van der Waals surface area (Å²) in [6.07, 6.45) is 3.79. The van der Waals surface area contributed by atoms with Gasteiger partial charge < -0.3 is 4.74 Å². The van der Waals surface area contributed by atoms with Gasteiger partial charge in [-0.3, -0.25) is 4.68 Å². The zero-order valence-electron chi connectivity index (χ0n) is 13.2. The van der Waals surface area contributed by atoms with Crippen LogP contribution in [0, 0.1) is 11.3 Å². The molecule has 0 unspecified atom stereocenters. The van der Waals surface area contributed by atoms with Crippen LogP contribution in [0.1, 0.15) is 29.2 Å². The number of aryl methyl sites for hydroxylation is 1. The highest BCUT2D eigenvalue weighted by molar-refractivity contribution is 7.88. The van der Waals surface area contributed by atoms with Crippen LogP contribution in [-0.2, 0) is 27.6 Å². The SMILES string of the molecule is Cn1cc([C@H]2OCC[C@@H]2NS(=O)(=O)Cc2cccc(C#N)c2)cn1. The number of nitrogens with one attached hydrogen (secondary N) is 1. The summed E-state index contributed by atoms with van der Waals surface area (Å²) in [5.41, 5.74) is 1.88. The van der Waals surface area contributed by atoms with Crippen molar-refractivity contribution in [1.29, 1.82) is 5.26 Å². The van der Waals surface area contributed by atoms with E-state index in [9.17, 15) is 8.42 Å². The van der Waals surface area contributed by atoms with E-state index in [4.69, 9.17) is 10.00 Å². The standard InChI is InChI=1S/C16H18N4O3S/c1-20-10-14(9-18-20)16-15(5-6-23-16)19-24(21,22)11-13-4-2-3-12(7-13)8-17/h2-4,7,9-10,15-16,19H,5-6,11H2,1H3/t15-,16+/m0/s1. The van der Waals surface area contributed by atoms with E-state index in [-0.39, 0.29) is 17.9 Å². The maximum Gasteiger partial charge on any atom is 0.216 e. The molecule has 1 N–H and O–H groups in total. The lowest BCUT2D eigenvalue weighted by Gasteiger charge is -2.18. The molecule has 0 bridgehead atoms. The van der Waals surface area contributed by atoms with E-state index >= 15 is 0 Å². The Kier molecular flexibility index (Phi) is 4.66. The van der Waals surface area contributed by atoms with Gasteiger partial charge in [-0.25, -0.2) is 13.1 Å². The number of benzene rings is 1. The summed E-state index contributed by atoms with van der Waals surface area (Å²) in [7, 11) is -1.74. The fourth-order valence-corrected chi connectivity index (χ4v) is 4.25. The van der Waals surface area contributed by atoms with Crippen molar-refractivity contribution in [2.24, 2.45) is 7.05 Å². The summed E-state index contributed by atoms with van der Waals surface area (Å²) in [6, 6.07) is 8.30. The van der Waals surface area contributed by atoms with Crippen LogP contribution in [0.5, 0.6) is 0 Å². The molecule has 2 heterocycles. The van der Waals surface area contributed by atoms with Gasteiger partial charge in [0.05, 0.1) is 29.6 Å². The van der Waals surface area contributed by atoms with Gasteiger partial charge in [0.15, 0.2) is 0 Å². The van der Waals surface area contributed by atoms with E-state index in [1.807, 2.05) is 12.3 Å². The third kappa shape index (κ3) is 3.82. The molecular formula is C16H18N4O3S. The van der Waals surface area contributed by atoms with Crippen molar-refractivity contribution in [2.45, 2.75) is 24.3 Å². The topological polar surface area (TPSA) is 97.0 Å². The summed E-state index contributed by atoms with van der Waals surface area (Å²) >= 11 is 0. The molecule has 0 amide bonds. The Morgan fingerprint density at radius 1 is 1.50 bits per heavy atom. The number of nitriles is 1. The average molecular weight is 346 g/mol. The molecule has 1 aliphatic heterocycles. The Morgan fingerprint density at radius 2 is 2.33 bits per heavy atom. The molecule has 0 spiro atoms. The summed E-state index contributed by atoms with van der Waals surface area (Å²) < 4.78 is 35.0. The van der Waals surface area contributed by atoms with Crippen LogP contribution >= 0.6 is 0 Å². The predicted octanol–water partition coefficient (Wildman–Crippen LogP) is 1.24. The highest BCUT2D eigenvalue weighted by Gasteiger charge is 2.33. The van der Waals surface area contributed by atoms with Gasteiger partial charge >= 0.3 is 0 Å². The maximum atomic E-state index is 12.5. The minimum Gasteiger partial charge on any atom is -0.372 e. The fraction of sp³-hybridized carbons (Fsp3) is 0.375. The first kappa shape index (κ1) is 16.6. The first-order chi connectivity index (χ1) is 11.5. The van der Waals surface area contributed by atoms with Crippen LogP contribution in [0.2, 0.25) is 0 Å². The summed E-state index contributed by atoms with van der Waals surface area (Å²) in [6.45, 7) is 0.497. The van der Waals surface area contributed by atoms with E-state index < -0.39 is 10.0 Å². The fourth-order valence-electron chi connectivity index (χ4n) is 2.85. The molecule has 8 heteroatoms. The number of rotatable bonds is 5. The lowest BCUT2D eigenvalue weighted by atomic mass is 10.1. The van der Waals surface area contributed by atoms with Crippen LogP contribution in [0.15, 0.2) is 36.7 Å². The van der Waals surface area contributed by atoms with Crippen molar-refractivity contribution in [3.63, 3.8) is 0 Å². The molecular weight excluding hydrogens is 328 g/mol. The number of nitrogens with zero attached hydrogens (tertiary/aromatic N) is 3. The van der Waals surface area contributed by atoms with Crippen molar-refractivity contribution < 1.29 is 13.2 Å². The van der Waals surface area contributed by atoms with E-state index in [0.29, 0.717) is 24.2 Å². The predicted molar refractivity (Wildman–Crippen MR) is 87.2 cm³/mol. The van der Waals surface area contributed by atoms with E-state index in [0.717, 1.165) is 5.56 Å². The minimum absolute atomic E-state index is 0.168. The monoisotopic (exact) mass is 346 g/mol. The molecule has 1 aromatic heterocycles. The Morgan fingerprint density at radius 3 is 3.04 bits per heavy atom. The third-order valence-corrected chi connectivity index (χ3v) is 5.26. The average Bonchev–Trinajstić information content (AvgIpc) is 3.15. The lowest BCUT2D eigenvalue weighted by molar-refractivity contribution is 0.102. The van der Waals surface area contributed by atoms with Gasteiger partial charge in [-0.2, -0.15) is 10.4 Å². The highest BCUT2D eigenvalue weighted by atomic mass is 32.2. The molecule has 126 valence electrons. The van der Waals surface area contributed by atoms with Crippen molar-refractivity contribution in [1.82, 2.24) is 14.5 Å². The first-order valence-corrected chi connectivity index (χ1v) is 9.21. The first-order valence-electron chi connectivity index (χ1n) is 7.56. The molecule has 0 saturated carbocycles. The van der Waals surface area contributed by atoms with Gasteiger partial charge in [0.2, 0.25) is 10.0 Å². The number of ether oxygens (including phenoxy) is 1. The summed E-state index contributed by atoms with van der Waals surface area (Å²) in [5, 5.41) is 13.0. The number of hydrogen-bond acceptors (Lipinski definition) is 5. The van der Waals surface area contributed by atoms with Crippen molar-refractivity contribution in [3.8, 4) is 6.07 Å². The molecule has 7 nitrogen and oxygen atoms in total. The largest absolute Gasteiger partial charge is 0.372 e. The van der Waals surface area contributed by atoms with Gasteiger partial charge in [-0.15, -0.1) is 0 Å². The van der Waals surface area contributed by atoms with Gasteiger partial charge in [0.25, 0.3) is 0 Å². The normalized spacial score (nSPS) is 20.8. The molecule has 24 heavy (non-hydrogen) atoms. The number of hydrogen-bond donors (Lipinski definition) is 1. The molecule has 1 aliphatic rings. The number of sulfonamides is 1. The van der Waals surface area contributed by atoms with Crippen molar-refractivity contribution in [3.05, 3.63) is 53.3 Å². The third-order valence-electron chi connectivity index (χ3n) is 3.89. The van der Waals surface area contributed by atoms with Crippen LogP contribution < -0.4 is 4.72 Å². The van der Waals surface area contributed by atoms with E-state index in [1.165, 1.54) is 0 Å². The van der Waals surface area contributed by atoms with E-state index in [2.05, 4.69) is 9.82 Å². The second-order valence-electron chi connectivity index (χ2n) is 5.82. The highest BCUT2D eigenvalue weighted by Crippen LogP contribution is 2.29. The maximum absolute atomic E-state index is 12.5. The Balaban J connectivity index is 1.72. The summed E-state index contributed by atoms with van der Waals surface area (Å²) in [5.74, 6) is -0.168. The lowest BCUT2D eigenvalue weighted by Crippen LogP contribution is -2.37. The Bertz CT molecular complexity index is 869. The zero-order chi connectivity index (χ0) is 17.2. The van der Waals surface area contributed by atoms with Gasteiger partial charge in [-0.1, -0.05) is 12.1 Å². The van der Waals surface area contributed by atoms with Crippen molar-refractivity contribution >= 4 is 10.0 Å². The molecule has 2 atom stereocenters. The second kappa shape index (κ2) is 6.73. The van der Waals surface area contributed by atoms with Crippen LogP contribution in [-0.4, -0.2) is 30.8 Å². The molecule has 3 rings (SSSR count). The number of aromatic nitrogens is 2. The van der Waals surface area contributed by atoms with Crippen LogP contribution in [0.3, 0.4) is 0 Å². The molecule has 1 fully saturated rings. The minimum atomic E-state index is -3.54. The van der Waals surface area contributed by atoms with Gasteiger partial charge in [-0.05, 0) is 24.1 Å². The molecule has 1 aromatic carbocycles. The zero-order valence-corrected chi connectivity index (χ0v) is 14.0. The second-order valence-corrected chi connectivity index (χ2v) is 7.58. The Hall–Kier alpha value is -2.21. The molecule has 0 aliphatic carbocycles. The Labute approximate surface area is 140 Å². The van der Waals surface area contributed by atoms with Gasteiger partial charge in [0, 0.05) is 25.4 Å². The molecule has 2 aromatic rings. The van der Waals surface area contributed by atoms with Gasteiger partial charge in [0.1, 0.15) is 6.10 Å². The molecule has 0 radical (unpaired) electrons. The van der Waals surface area contributed by atoms with Crippen LogP contribution in [0.25, 0.3) is 0 Å². The van der Waals surface area contributed by atoms with Crippen LogP contribution in [0.4, 0.5) is 0 Å². The van der Waals surface area contributed by atoms with E-state index in [1.54, 1.807) is 42.2 Å². The quantitative estimate of drug-likeness (QED) is 0.878. The van der Waals surface area contributed by atoms with Crippen molar-refractivity contribution in [2.75, 3.05) is 6.61 Å². The smallest absolute Gasteiger partial charge is 0.216 e. The molecule has 1 saturated heterocycles.